The standard InChI is InChI=1S/C16H10F3N/c17-13-6-12(7-14(18)8-13)16(3-4-16)11-1-2-15(19)10(5-11)9-20/h1-2,5-8H,3-4H2. The zero-order valence-electron chi connectivity index (χ0n) is 10.5. The van der Waals surface area contributed by atoms with E-state index in [9.17, 15) is 13.2 Å². The maximum absolute atomic E-state index is 13.4. The Kier molecular flexibility index (Phi) is 2.79. The van der Waals surface area contributed by atoms with E-state index in [-0.39, 0.29) is 5.56 Å². The summed E-state index contributed by atoms with van der Waals surface area (Å²) in [5.74, 6) is -1.85. The summed E-state index contributed by atoms with van der Waals surface area (Å²) in [7, 11) is 0. The summed E-state index contributed by atoms with van der Waals surface area (Å²) < 4.78 is 40.1. The van der Waals surface area contributed by atoms with Gasteiger partial charge in [-0.05, 0) is 48.2 Å². The first-order chi connectivity index (χ1) is 9.55. The van der Waals surface area contributed by atoms with Crippen LogP contribution in [0.1, 0.15) is 29.5 Å². The molecule has 0 spiro atoms. The first-order valence-electron chi connectivity index (χ1n) is 6.22. The van der Waals surface area contributed by atoms with Crippen molar-refractivity contribution in [3.05, 3.63) is 70.5 Å². The molecule has 20 heavy (non-hydrogen) atoms. The summed E-state index contributed by atoms with van der Waals surface area (Å²) in [5.41, 5.74) is 0.707. The fourth-order valence-electron chi connectivity index (χ4n) is 2.61. The van der Waals surface area contributed by atoms with E-state index in [4.69, 9.17) is 5.26 Å². The molecule has 1 aliphatic rings. The third kappa shape index (κ3) is 1.96. The predicted molar refractivity (Wildman–Crippen MR) is 67.5 cm³/mol. The summed E-state index contributed by atoms with van der Waals surface area (Å²) in [5, 5.41) is 8.88. The van der Waals surface area contributed by atoms with Crippen LogP contribution in [0.3, 0.4) is 0 Å². The minimum atomic E-state index is -0.631. The lowest BCUT2D eigenvalue weighted by Crippen LogP contribution is -2.10. The number of nitrogens with zero attached hydrogens (tertiary/aromatic N) is 1. The highest BCUT2D eigenvalue weighted by Gasteiger charge is 2.46. The average Bonchev–Trinajstić information content (AvgIpc) is 3.19. The molecule has 1 aliphatic carbocycles. The highest BCUT2D eigenvalue weighted by Crippen LogP contribution is 2.53. The van der Waals surface area contributed by atoms with Gasteiger partial charge in [-0.15, -0.1) is 0 Å². The third-order valence-electron chi connectivity index (χ3n) is 3.80. The van der Waals surface area contributed by atoms with Gasteiger partial charge in [-0.1, -0.05) is 6.07 Å². The summed E-state index contributed by atoms with van der Waals surface area (Å²) in [4.78, 5) is 0. The molecule has 1 fully saturated rings. The molecule has 0 radical (unpaired) electrons. The maximum Gasteiger partial charge on any atom is 0.140 e. The van der Waals surface area contributed by atoms with Crippen LogP contribution >= 0.6 is 0 Å². The van der Waals surface area contributed by atoms with Crippen LogP contribution in [0.2, 0.25) is 0 Å². The van der Waals surface area contributed by atoms with Crippen molar-refractivity contribution < 1.29 is 13.2 Å². The average molecular weight is 273 g/mol. The Morgan fingerprint density at radius 2 is 1.55 bits per heavy atom. The van der Waals surface area contributed by atoms with Crippen molar-refractivity contribution in [2.45, 2.75) is 18.3 Å². The SMILES string of the molecule is N#Cc1cc(C2(c3cc(F)cc(F)c3)CC2)ccc1F. The monoisotopic (exact) mass is 273 g/mol. The minimum absolute atomic E-state index is 0.0503. The van der Waals surface area contributed by atoms with E-state index < -0.39 is 22.9 Å². The van der Waals surface area contributed by atoms with Gasteiger partial charge in [0.1, 0.15) is 23.5 Å². The van der Waals surface area contributed by atoms with Crippen molar-refractivity contribution in [3.8, 4) is 6.07 Å². The highest BCUT2D eigenvalue weighted by molar-refractivity contribution is 5.48. The van der Waals surface area contributed by atoms with E-state index in [1.165, 1.54) is 24.3 Å². The Labute approximate surface area is 114 Å². The molecule has 2 aromatic rings. The Morgan fingerprint density at radius 1 is 0.900 bits per heavy atom. The molecule has 0 amide bonds. The molecular formula is C16H10F3N. The minimum Gasteiger partial charge on any atom is -0.207 e. The molecule has 0 bridgehead atoms. The molecule has 0 unspecified atom stereocenters. The second-order valence-electron chi connectivity index (χ2n) is 5.05. The van der Waals surface area contributed by atoms with Gasteiger partial charge in [0, 0.05) is 11.5 Å². The Morgan fingerprint density at radius 3 is 2.10 bits per heavy atom. The molecule has 0 aliphatic heterocycles. The molecule has 4 heteroatoms. The van der Waals surface area contributed by atoms with E-state index in [1.807, 2.05) is 0 Å². The van der Waals surface area contributed by atoms with Gasteiger partial charge in [0.2, 0.25) is 0 Å². The zero-order chi connectivity index (χ0) is 14.3. The fourth-order valence-corrected chi connectivity index (χ4v) is 2.61. The van der Waals surface area contributed by atoms with Crippen LogP contribution in [0.15, 0.2) is 36.4 Å². The van der Waals surface area contributed by atoms with Crippen molar-refractivity contribution in [3.63, 3.8) is 0 Å². The molecule has 1 nitrogen and oxygen atoms in total. The first kappa shape index (κ1) is 12.7. The van der Waals surface area contributed by atoms with E-state index in [0.29, 0.717) is 5.56 Å². The first-order valence-corrected chi connectivity index (χ1v) is 6.22. The lowest BCUT2D eigenvalue weighted by atomic mass is 9.87. The van der Waals surface area contributed by atoms with Gasteiger partial charge in [-0.25, -0.2) is 13.2 Å². The number of nitriles is 1. The van der Waals surface area contributed by atoms with E-state index >= 15 is 0 Å². The summed E-state index contributed by atoms with van der Waals surface area (Å²) in [6, 6.07) is 9.47. The van der Waals surface area contributed by atoms with Gasteiger partial charge in [0.25, 0.3) is 0 Å². The van der Waals surface area contributed by atoms with Crippen LogP contribution in [-0.2, 0) is 5.41 Å². The molecule has 0 saturated heterocycles. The molecule has 2 aromatic carbocycles. The summed E-state index contributed by atoms with van der Waals surface area (Å²) in [6.45, 7) is 0. The predicted octanol–water partition coefficient (Wildman–Crippen LogP) is 4.06. The van der Waals surface area contributed by atoms with Crippen LogP contribution in [0.5, 0.6) is 0 Å². The second-order valence-corrected chi connectivity index (χ2v) is 5.05. The van der Waals surface area contributed by atoms with Crippen LogP contribution in [-0.4, -0.2) is 0 Å². The van der Waals surface area contributed by atoms with Crippen molar-refractivity contribution >= 4 is 0 Å². The van der Waals surface area contributed by atoms with Crippen LogP contribution in [0.25, 0.3) is 0 Å². The van der Waals surface area contributed by atoms with Crippen LogP contribution in [0, 0.1) is 28.8 Å². The van der Waals surface area contributed by atoms with Crippen molar-refractivity contribution in [1.82, 2.24) is 0 Å². The van der Waals surface area contributed by atoms with Crippen molar-refractivity contribution in [1.29, 1.82) is 5.26 Å². The topological polar surface area (TPSA) is 23.8 Å². The molecule has 3 rings (SSSR count). The summed E-state index contributed by atoms with van der Waals surface area (Å²) in [6.07, 6.45) is 1.46. The fraction of sp³-hybridized carbons (Fsp3) is 0.188. The van der Waals surface area contributed by atoms with Gasteiger partial charge in [-0.2, -0.15) is 5.26 Å². The van der Waals surface area contributed by atoms with E-state index in [2.05, 4.69) is 0 Å². The van der Waals surface area contributed by atoms with Crippen LogP contribution < -0.4 is 0 Å². The van der Waals surface area contributed by atoms with E-state index in [1.54, 1.807) is 12.1 Å². The molecule has 0 aromatic heterocycles. The molecular weight excluding hydrogens is 263 g/mol. The Balaban J connectivity index is 2.11. The Hall–Kier alpha value is -2.28. The largest absolute Gasteiger partial charge is 0.207 e. The lowest BCUT2D eigenvalue weighted by molar-refractivity contribution is 0.576. The van der Waals surface area contributed by atoms with Crippen molar-refractivity contribution in [2.24, 2.45) is 0 Å². The molecule has 0 heterocycles. The Bertz CT molecular complexity index is 707. The van der Waals surface area contributed by atoms with Gasteiger partial charge >= 0.3 is 0 Å². The zero-order valence-corrected chi connectivity index (χ0v) is 10.5. The number of hydrogen-bond donors (Lipinski definition) is 0. The number of rotatable bonds is 2. The van der Waals surface area contributed by atoms with Gasteiger partial charge < -0.3 is 0 Å². The maximum atomic E-state index is 13.4. The number of hydrogen-bond acceptors (Lipinski definition) is 1. The highest BCUT2D eigenvalue weighted by atomic mass is 19.1. The van der Waals surface area contributed by atoms with Gasteiger partial charge in [0.15, 0.2) is 0 Å². The quantitative estimate of drug-likeness (QED) is 0.809. The van der Waals surface area contributed by atoms with Crippen molar-refractivity contribution in [2.75, 3.05) is 0 Å². The third-order valence-corrected chi connectivity index (χ3v) is 3.80. The molecule has 1 saturated carbocycles. The smallest absolute Gasteiger partial charge is 0.140 e. The van der Waals surface area contributed by atoms with Crippen LogP contribution in [0.4, 0.5) is 13.2 Å². The molecule has 0 N–H and O–H groups in total. The lowest BCUT2D eigenvalue weighted by Gasteiger charge is -2.17. The molecule has 0 atom stereocenters. The second kappa shape index (κ2) is 4.38. The number of halogens is 3. The summed E-state index contributed by atoms with van der Waals surface area (Å²) >= 11 is 0. The van der Waals surface area contributed by atoms with Gasteiger partial charge in [0.05, 0.1) is 5.56 Å². The van der Waals surface area contributed by atoms with Gasteiger partial charge in [-0.3, -0.25) is 0 Å². The molecule has 100 valence electrons. The van der Waals surface area contributed by atoms with E-state index in [0.717, 1.165) is 24.5 Å². The normalized spacial score (nSPS) is 15.7. The number of benzene rings is 2.